The Hall–Kier alpha value is -2.47. The molecule has 2 aromatic rings. The van der Waals surface area contributed by atoms with Crippen LogP contribution in [0.2, 0.25) is 0 Å². The third-order valence-corrected chi connectivity index (χ3v) is 5.35. The first-order valence-electron chi connectivity index (χ1n) is 9.11. The van der Waals surface area contributed by atoms with Crippen molar-refractivity contribution < 1.29 is 9.53 Å². The highest BCUT2D eigenvalue weighted by atomic mass is 32.2. The van der Waals surface area contributed by atoms with Crippen LogP contribution in [-0.2, 0) is 4.79 Å². The molecule has 0 atom stereocenters. The number of amidine groups is 1. The number of thioether (sulfide) groups is 1. The zero-order chi connectivity index (χ0) is 19.2. The van der Waals surface area contributed by atoms with E-state index in [0.29, 0.717) is 6.61 Å². The number of ether oxygens (including phenoxy) is 1. The Morgan fingerprint density at radius 1 is 1.19 bits per heavy atom. The van der Waals surface area contributed by atoms with E-state index in [2.05, 4.69) is 17.2 Å². The van der Waals surface area contributed by atoms with E-state index in [1.54, 1.807) is 11.8 Å². The first kappa shape index (κ1) is 19.3. The molecular formula is C21H25N3O2S. The molecule has 0 unspecified atom stereocenters. The second kappa shape index (κ2) is 8.95. The Balaban J connectivity index is 1.75. The molecule has 0 aliphatic carbocycles. The van der Waals surface area contributed by atoms with E-state index in [1.807, 2.05) is 61.2 Å². The first-order chi connectivity index (χ1) is 13.1. The fraction of sp³-hybridized carbons (Fsp3) is 0.333. The Kier molecular flexibility index (Phi) is 6.40. The van der Waals surface area contributed by atoms with E-state index in [1.165, 1.54) is 5.56 Å². The number of aryl methyl sites for hydroxylation is 2. The molecule has 0 spiro atoms. The lowest BCUT2D eigenvalue weighted by Gasteiger charge is -2.23. The van der Waals surface area contributed by atoms with Crippen molar-refractivity contribution in [3.8, 4) is 5.75 Å². The van der Waals surface area contributed by atoms with Gasteiger partial charge in [0.2, 0.25) is 5.91 Å². The number of amides is 1. The van der Waals surface area contributed by atoms with Crippen LogP contribution in [0.1, 0.15) is 18.1 Å². The summed E-state index contributed by atoms with van der Waals surface area (Å²) in [5.41, 5.74) is 4.12. The maximum Gasteiger partial charge on any atom is 0.244 e. The van der Waals surface area contributed by atoms with Gasteiger partial charge < -0.3 is 15.0 Å². The Bertz CT molecular complexity index is 834. The van der Waals surface area contributed by atoms with Crippen LogP contribution in [-0.4, -0.2) is 36.5 Å². The number of nitrogens with one attached hydrogen (secondary N) is 1. The maximum atomic E-state index is 12.7. The van der Waals surface area contributed by atoms with E-state index in [0.717, 1.165) is 40.2 Å². The lowest BCUT2D eigenvalue weighted by molar-refractivity contribution is -0.114. The van der Waals surface area contributed by atoms with E-state index < -0.39 is 0 Å². The van der Waals surface area contributed by atoms with Crippen molar-refractivity contribution in [1.29, 1.82) is 0 Å². The van der Waals surface area contributed by atoms with Crippen LogP contribution in [0.3, 0.4) is 0 Å². The molecule has 1 amide bonds. The monoisotopic (exact) mass is 383 g/mol. The minimum atomic E-state index is -0.0673. The molecule has 1 heterocycles. The van der Waals surface area contributed by atoms with Crippen LogP contribution in [0.4, 0.5) is 11.4 Å². The van der Waals surface area contributed by atoms with Crippen molar-refractivity contribution in [3.63, 3.8) is 0 Å². The Morgan fingerprint density at radius 3 is 2.59 bits per heavy atom. The quantitative estimate of drug-likeness (QED) is 0.810. The molecule has 3 rings (SSSR count). The molecule has 2 aromatic carbocycles. The molecule has 27 heavy (non-hydrogen) atoms. The lowest BCUT2D eigenvalue weighted by Crippen LogP contribution is -2.36. The smallest absolute Gasteiger partial charge is 0.244 e. The van der Waals surface area contributed by atoms with Gasteiger partial charge >= 0.3 is 0 Å². The van der Waals surface area contributed by atoms with Crippen LogP contribution in [0, 0.1) is 13.8 Å². The summed E-state index contributed by atoms with van der Waals surface area (Å²) >= 11 is 1.68. The number of benzene rings is 2. The van der Waals surface area contributed by atoms with E-state index in [-0.39, 0.29) is 12.5 Å². The van der Waals surface area contributed by atoms with Crippen LogP contribution in [0.5, 0.6) is 5.75 Å². The predicted octanol–water partition coefficient (Wildman–Crippen LogP) is 4.25. The van der Waals surface area contributed by atoms with Crippen LogP contribution >= 0.6 is 11.8 Å². The summed E-state index contributed by atoms with van der Waals surface area (Å²) in [6.07, 6.45) is 0. The minimum absolute atomic E-state index is 0.0673. The molecule has 0 radical (unpaired) electrons. The number of hydrogen-bond donors (Lipinski definition) is 1. The number of hydrogen-bond acceptors (Lipinski definition) is 5. The van der Waals surface area contributed by atoms with Gasteiger partial charge in [-0.1, -0.05) is 17.8 Å². The third kappa shape index (κ3) is 5.04. The average Bonchev–Trinajstić information content (AvgIpc) is 3.18. The number of aliphatic imine (C=N–C) groups is 1. The van der Waals surface area contributed by atoms with Gasteiger partial charge in [0.25, 0.3) is 0 Å². The molecule has 6 heteroatoms. The van der Waals surface area contributed by atoms with Crippen molar-refractivity contribution in [2.45, 2.75) is 20.8 Å². The lowest BCUT2D eigenvalue weighted by atomic mass is 10.1. The standard InChI is InChI=1S/C21H25N3O2S/c1-4-26-19-9-7-18(8-10-19)24(21-22-11-12-27-21)14-20(25)23-17-6-5-15(2)16(3)13-17/h5-10,13H,4,11-12,14H2,1-3H3,(H,23,25). The van der Waals surface area contributed by atoms with Crippen molar-refractivity contribution in [2.75, 3.05) is 35.7 Å². The molecule has 0 aromatic heterocycles. The van der Waals surface area contributed by atoms with Crippen molar-refractivity contribution in [3.05, 3.63) is 53.6 Å². The number of carbonyl (C=O) groups excluding carboxylic acids is 1. The van der Waals surface area contributed by atoms with Gasteiger partial charge in [-0.05, 0) is 68.3 Å². The zero-order valence-electron chi connectivity index (χ0n) is 16.0. The molecule has 142 valence electrons. The highest BCUT2D eigenvalue weighted by Gasteiger charge is 2.21. The van der Waals surface area contributed by atoms with Crippen LogP contribution < -0.4 is 15.0 Å². The van der Waals surface area contributed by atoms with Gasteiger partial charge in [0.15, 0.2) is 5.17 Å². The van der Waals surface area contributed by atoms with Crippen LogP contribution in [0.15, 0.2) is 47.5 Å². The molecule has 0 bridgehead atoms. The molecule has 1 aliphatic heterocycles. The summed E-state index contributed by atoms with van der Waals surface area (Å²) in [5, 5.41) is 3.88. The number of rotatable bonds is 6. The van der Waals surface area contributed by atoms with Crippen LogP contribution in [0.25, 0.3) is 0 Å². The van der Waals surface area contributed by atoms with Gasteiger partial charge in [0.05, 0.1) is 13.2 Å². The zero-order valence-corrected chi connectivity index (χ0v) is 16.8. The summed E-state index contributed by atoms with van der Waals surface area (Å²) in [4.78, 5) is 19.2. The second-order valence-electron chi connectivity index (χ2n) is 6.37. The summed E-state index contributed by atoms with van der Waals surface area (Å²) < 4.78 is 5.51. The van der Waals surface area contributed by atoms with Crippen molar-refractivity contribution in [2.24, 2.45) is 4.99 Å². The summed E-state index contributed by atoms with van der Waals surface area (Å²) in [6, 6.07) is 13.7. The highest BCUT2D eigenvalue weighted by molar-refractivity contribution is 8.14. The first-order valence-corrected chi connectivity index (χ1v) is 10.1. The second-order valence-corrected chi connectivity index (χ2v) is 7.44. The van der Waals surface area contributed by atoms with Gasteiger partial charge in [-0.3, -0.25) is 9.79 Å². The van der Waals surface area contributed by atoms with Gasteiger partial charge in [0, 0.05) is 17.1 Å². The molecule has 0 fully saturated rings. The van der Waals surface area contributed by atoms with E-state index in [9.17, 15) is 4.79 Å². The molecule has 0 saturated heterocycles. The molecule has 1 aliphatic rings. The maximum absolute atomic E-state index is 12.7. The Labute approximate surface area is 164 Å². The molecule has 0 saturated carbocycles. The SMILES string of the molecule is CCOc1ccc(N(CC(=O)Nc2ccc(C)c(C)c2)C2=NCCS2)cc1. The van der Waals surface area contributed by atoms with Gasteiger partial charge in [-0.2, -0.15) is 0 Å². The largest absolute Gasteiger partial charge is 0.494 e. The van der Waals surface area contributed by atoms with Crippen molar-refractivity contribution >= 4 is 34.2 Å². The molecule has 5 nitrogen and oxygen atoms in total. The number of carbonyl (C=O) groups is 1. The van der Waals surface area contributed by atoms with Crippen molar-refractivity contribution in [1.82, 2.24) is 0 Å². The van der Waals surface area contributed by atoms with Gasteiger partial charge in [0.1, 0.15) is 12.3 Å². The number of nitrogens with zero attached hydrogens (tertiary/aromatic N) is 2. The highest BCUT2D eigenvalue weighted by Crippen LogP contribution is 2.25. The topological polar surface area (TPSA) is 53.9 Å². The molecule has 1 N–H and O–H groups in total. The van der Waals surface area contributed by atoms with Gasteiger partial charge in [-0.15, -0.1) is 0 Å². The van der Waals surface area contributed by atoms with E-state index >= 15 is 0 Å². The average molecular weight is 384 g/mol. The summed E-state index contributed by atoms with van der Waals surface area (Å²) in [7, 11) is 0. The van der Waals surface area contributed by atoms with E-state index in [4.69, 9.17) is 4.74 Å². The predicted molar refractivity (Wildman–Crippen MR) is 114 cm³/mol. The molecular weight excluding hydrogens is 358 g/mol. The minimum Gasteiger partial charge on any atom is -0.494 e. The summed E-state index contributed by atoms with van der Waals surface area (Å²) in [5.74, 6) is 1.70. The fourth-order valence-corrected chi connectivity index (χ4v) is 3.68. The normalized spacial score (nSPS) is 13.2. The fourth-order valence-electron chi connectivity index (χ4n) is 2.81. The third-order valence-electron chi connectivity index (χ3n) is 4.35. The Morgan fingerprint density at radius 2 is 1.96 bits per heavy atom. The summed E-state index contributed by atoms with van der Waals surface area (Å²) in [6.45, 7) is 7.69. The number of anilines is 2. The van der Waals surface area contributed by atoms with Gasteiger partial charge in [-0.25, -0.2) is 0 Å².